The Labute approximate surface area is 107 Å². The van der Waals surface area contributed by atoms with Gasteiger partial charge in [-0.3, -0.25) is 4.79 Å². The van der Waals surface area contributed by atoms with Gasteiger partial charge in [0, 0.05) is 18.0 Å². The van der Waals surface area contributed by atoms with Gasteiger partial charge < -0.3 is 4.98 Å². The quantitative estimate of drug-likeness (QED) is 0.678. The molecule has 0 amide bonds. The summed E-state index contributed by atoms with van der Waals surface area (Å²) in [7, 11) is 0. The summed E-state index contributed by atoms with van der Waals surface area (Å²) in [6.45, 7) is 0. The molecule has 0 aliphatic carbocycles. The van der Waals surface area contributed by atoms with Crippen molar-refractivity contribution in [1.29, 1.82) is 5.26 Å². The SMILES string of the molecule is N#Cc1ccc(F)cc1CSc1nccc(=O)[nH]1. The van der Waals surface area contributed by atoms with Gasteiger partial charge >= 0.3 is 0 Å². The smallest absolute Gasteiger partial charge is 0.251 e. The molecule has 0 atom stereocenters. The second kappa shape index (κ2) is 5.47. The van der Waals surface area contributed by atoms with Gasteiger partial charge in [0.25, 0.3) is 5.56 Å². The fourth-order valence-corrected chi connectivity index (χ4v) is 2.20. The molecule has 1 aromatic heterocycles. The predicted molar refractivity (Wildman–Crippen MR) is 65.5 cm³/mol. The number of nitrogens with zero attached hydrogens (tertiary/aromatic N) is 2. The highest BCUT2D eigenvalue weighted by Crippen LogP contribution is 2.21. The standard InChI is InChI=1S/C12H8FN3OS/c13-10-2-1-8(6-14)9(5-10)7-18-12-15-4-3-11(17)16-12/h1-5H,7H2,(H,15,16,17). The Morgan fingerprint density at radius 1 is 1.44 bits per heavy atom. The van der Waals surface area contributed by atoms with Crippen LogP contribution in [0.4, 0.5) is 4.39 Å². The molecular weight excluding hydrogens is 253 g/mol. The minimum Gasteiger partial charge on any atom is -0.301 e. The van der Waals surface area contributed by atoms with Gasteiger partial charge in [-0.1, -0.05) is 11.8 Å². The lowest BCUT2D eigenvalue weighted by molar-refractivity contribution is 0.626. The van der Waals surface area contributed by atoms with E-state index < -0.39 is 0 Å². The van der Waals surface area contributed by atoms with Gasteiger partial charge in [-0.15, -0.1) is 0 Å². The van der Waals surface area contributed by atoms with E-state index in [1.807, 2.05) is 6.07 Å². The van der Waals surface area contributed by atoms with Gasteiger partial charge in [-0.05, 0) is 23.8 Å². The third-order valence-electron chi connectivity index (χ3n) is 2.20. The third kappa shape index (κ3) is 2.96. The number of hydrogen-bond acceptors (Lipinski definition) is 4. The van der Waals surface area contributed by atoms with E-state index in [4.69, 9.17) is 5.26 Å². The van der Waals surface area contributed by atoms with E-state index in [1.54, 1.807) is 0 Å². The van der Waals surface area contributed by atoms with Crippen molar-refractivity contribution in [3.05, 3.63) is 57.8 Å². The number of aromatic nitrogens is 2. The molecule has 0 fully saturated rings. The number of nitrogens with one attached hydrogen (secondary N) is 1. The number of hydrogen-bond donors (Lipinski definition) is 1. The summed E-state index contributed by atoms with van der Waals surface area (Å²) in [5.74, 6) is -0.0211. The number of thioether (sulfide) groups is 1. The molecule has 1 aromatic carbocycles. The Hall–Kier alpha value is -2.13. The van der Waals surface area contributed by atoms with Crippen LogP contribution in [0.25, 0.3) is 0 Å². The van der Waals surface area contributed by atoms with Crippen molar-refractivity contribution in [2.75, 3.05) is 0 Å². The number of halogens is 1. The first kappa shape index (κ1) is 12.3. The van der Waals surface area contributed by atoms with Crippen LogP contribution in [-0.2, 0) is 5.75 Å². The van der Waals surface area contributed by atoms with Crippen LogP contribution in [0.1, 0.15) is 11.1 Å². The average molecular weight is 261 g/mol. The first-order chi connectivity index (χ1) is 8.69. The van der Waals surface area contributed by atoms with Crippen molar-refractivity contribution in [2.24, 2.45) is 0 Å². The number of aromatic amines is 1. The van der Waals surface area contributed by atoms with E-state index >= 15 is 0 Å². The van der Waals surface area contributed by atoms with Gasteiger partial charge in [-0.2, -0.15) is 5.26 Å². The fourth-order valence-electron chi connectivity index (χ4n) is 1.36. The number of nitriles is 1. The first-order valence-corrected chi connectivity index (χ1v) is 6.04. The summed E-state index contributed by atoms with van der Waals surface area (Å²) in [6, 6.07) is 7.30. The lowest BCUT2D eigenvalue weighted by Crippen LogP contribution is -2.05. The fraction of sp³-hybridized carbons (Fsp3) is 0.0833. The van der Waals surface area contributed by atoms with Crippen LogP contribution in [0.5, 0.6) is 0 Å². The summed E-state index contributed by atoms with van der Waals surface area (Å²) in [6.07, 6.45) is 1.40. The molecule has 0 saturated carbocycles. The maximum absolute atomic E-state index is 13.1. The van der Waals surface area contributed by atoms with Crippen LogP contribution < -0.4 is 5.56 Å². The molecule has 1 N–H and O–H groups in total. The highest BCUT2D eigenvalue weighted by atomic mass is 32.2. The van der Waals surface area contributed by atoms with Crippen molar-refractivity contribution in [3.8, 4) is 6.07 Å². The van der Waals surface area contributed by atoms with E-state index in [0.29, 0.717) is 22.0 Å². The predicted octanol–water partition coefficient (Wildman–Crippen LogP) is 2.07. The maximum Gasteiger partial charge on any atom is 0.251 e. The minimum absolute atomic E-state index is 0.243. The third-order valence-corrected chi connectivity index (χ3v) is 3.14. The van der Waals surface area contributed by atoms with Gasteiger partial charge in [0.05, 0.1) is 11.6 Å². The van der Waals surface area contributed by atoms with Crippen LogP contribution >= 0.6 is 11.8 Å². The van der Waals surface area contributed by atoms with Crippen molar-refractivity contribution in [1.82, 2.24) is 9.97 Å². The zero-order valence-corrected chi connectivity index (χ0v) is 10.00. The second-order valence-electron chi connectivity index (χ2n) is 3.44. The number of H-pyrrole nitrogens is 1. The Morgan fingerprint density at radius 2 is 2.28 bits per heavy atom. The lowest BCUT2D eigenvalue weighted by Gasteiger charge is -2.03. The van der Waals surface area contributed by atoms with Gasteiger partial charge in [0.15, 0.2) is 5.16 Å². The lowest BCUT2D eigenvalue weighted by atomic mass is 10.1. The van der Waals surface area contributed by atoms with Gasteiger partial charge in [0.2, 0.25) is 0 Å². The summed E-state index contributed by atoms with van der Waals surface area (Å²) in [5, 5.41) is 9.34. The summed E-state index contributed by atoms with van der Waals surface area (Å²) >= 11 is 1.24. The Balaban J connectivity index is 2.18. The molecule has 1 heterocycles. The molecule has 0 bridgehead atoms. The molecule has 0 radical (unpaired) electrons. The zero-order valence-electron chi connectivity index (χ0n) is 9.18. The molecular formula is C12H8FN3OS. The number of benzene rings is 1. The molecule has 6 heteroatoms. The van der Waals surface area contributed by atoms with Crippen LogP contribution in [0.15, 0.2) is 40.4 Å². The highest BCUT2D eigenvalue weighted by Gasteiger charge is 2.05. The molecule has 0 unspecified atom stereocenters. The highest BCUT2D eigenvalue weighted by molar-refractivity contribution is 7.98. The summed E-state index contributed by atoms with van der Waals surface area (Å²) < 4.78 is 13.1. The second-order valence-corrected chi connectivity index (χ2v) is 4.41. The van der Waals surface area contributed by atoms with Crippen molar-refractivity contribution >= 4 is 11.8 Å². The molecule has 0 saturated heterocycles. The molecule has 4 nitrogen and oxygen atoms in total. The van der Waals surface area contributed by atoms with E-state index in [0.717, 1.165) is 0 Å². The Bertz CT molecular complexity index is 663. The molecule has 2 aromatic rings. The molecule has 0 aliphatic heterocycles. The average Bonchev–Trinajstić information content (AvgIpc) is 2.37. The first-order valence-electron chi connectivity index (χ1n) is 5.05. The Morgan fingerprint density at radius 3 is 3.00 bits per heavy atom. The number of rotatable bonds is 3. The van der Waals surface area contributed by atoms with E-state index in [2.05, 4.69) is 9.97 Å². The van der Waals surface area contributed by atoms with Crippen LogP contribution in [0.2, 0.25) is 0 Å². The monoisotopic (exact) mass is 261 g/mol. The largest absolute Gasteiger partial charge is 0.301 e. The summed E-state index contributed by atoms with van der Waals surface area (Å²) in [5.41, 5.74) is 0.753. The molecule has 90 valence electrons. The zero-order chi connectivity index (χ0) is 13.0. The molecule has 2 rings (SSSR count). The van der Waals surface area contributed by atoms with E-state index in [1.165, 1.54) is 42.2 Å². The minimum atomic E-state index is -0.390. The maximum atomic E-state index is 13.1. The molecule has 0 spiro atoms. The summed E-state index contributed by atoms with van der Waals surface area (Å²) in [4.78, 5) is 17.6. The molecule has 18 heavy (non-hydrogen) atoms. The van der Waals surface area contributed by atoms with Gasteiger partial charge in [0.1, 0.15) is 5.82 Å². The van der Waals surface area contributed by atoms with Crippen molar-refractivity contribution in [2.45, 2.75) is 10.9 Å². The topological polar surface area (TPSA) is 69.5 Å². The molecule has 0 aliphatic rings. The van der Waals surface area contributed by atoms with Crippen molar-refractivity contribution < 1.29 is 4.39 Å². The van der Waals surface area contributed by atoms with Crippen LogP contribution in [0, 0.1) is 17.1 Å². The van der Waals surface area contributed by atoms with E-state index in [-0.39, 0.29) is 11.4 Å². The van der Waals surface area contributed by atoms with E-state index in [9.17, 15) is 9.18 Å². The van der Waals surface area contributed by atoms with Crippen LogP contribution in [0.3, 0.4) is 0 Å². The van der Waals surface area contributed by atoms with Crippen LogP contribution in [-0.4, -0.2) is 9.97 Å². The normalized spacial score (nSPS) is 10.0. The van der Waals surface area contributed by atoms with Gasteiger partial charge in [-0.25, -0.2) is 9.37 Å². The van der Waals surface area contributed by atoms with Crippen molar-refractivity contribution in [3.63, 3.8) is 0 Å². The Kier molecular flexibility index (Phi) is 3.75.